The summed E-state index contributed by atoms with van der Waals surface area (Å²) < 4.78 is 0. The van der Waals surface area contributed by atoms with Crippen LogP contribution in [-0.2, 0) is 6.54 Å². The summed E-state index contributed by atoms with van der Waals surface area (Å²) in [5.41, 5.74) is 6.59. The third-order valence-corrected chi connectivity index (χ3v) is 4.31. The Bertz CT molecular complexity index is 529. The Labute approximate surface area is 115 Å². The zero-order valence-corrected chi connectivity index (χ0v) is 11.3. The van der Waals surface area contributed by atoms with E-state index in [1.807, 2.05) is 42.5 Å². The molecule has 0 amide bonds. The first kappa shape index (κ1) is 12.8. The van der Waals surface area contributed by atoms with Gasteiger partial charge in [-0.05, 0) is 29.8 Å². The molecule has 1 nitrogen and oxygen atoms in total. The molecule has 0 aliphatic carbocycles. The van der Waals surface area contributed by atoms with Gasteiger partial charge in [-0.1, -0.05) is 53.2 Å². The molecule has 2 rings (SSSR count). The van der Waals surface area contributed by atoms with Gasteiger partial charge in [0.25, 0.3) is 0 Å². The third-order valence-electron chi connectivity index (χ3n) is 2.29. The van der Waals surface area contributed by atoms with Crippen molar-refractivity contribution in [1.29, 1.82) is 0 Å². The van der Waals surface area contributed by atoms with Gasteiger partial charge in [-0.2, -0.15) is 0 Å². The number of halogens is 2. The number of hydrogen-bond donors (Lipinski definition) is 1. The predicted molar refractivity (Wildman–Crippen MR) is 74.9 cm³/mol. The molecule has 0 spiro atoms. The molecule has 0 fully saturated rings. The monoisotopic (exact) mass is 283 g/mol. The van der Waals surface area contributed by atoms with E-state index in [1.54, 1.807) is 11.8 Å². The number of nitrogens with two attached hydrogens (primary N) is 1. The Hall–Kier alpha value is -0.670. The van der Waals surface area contributed by atoms with E-state index in [2.05, 4.69) is 0 Å². The van der Waals surface area contributed by atoms with E-state index >= 15 is 0 Å². The van der Waals surface area contributed by atoms with Gasteiger partial charge < -0.3 is 5.73 Å². The van der Waals surface area contributed by atoms with E-state index < -0.39 is 0 Å². The number of benzene rings is 2. The van der Waals surface area contributed by atoms with Gasteiger partial charge in [0.2, 0.25) is 0 Å². The smallest absolute Gasteiger partial charge is 0.0548 e. The minimum atomic E-state index is 0.497. The highest BCUT2D eigenvalue weighted by molar-refractivity contribution is 7.99. The van der Waals surface area contributed by atoms with Gasteiger partial charge >= 0.3 is 0 Å². The zero-order valence-electron chi connectivity index (χ0n) is 8.99. The summed E-state index contributed by atoms with van der Waals surface area (Å²) in [5.74, 6) is 0. The topological polar surface area (TPSA) is 26.0 Å². The van der Waals surface area contributed by atoms with E-state index in [9.17, 15) is 0 Å². The van der Waals surface area contributed by atoms with Gasteiger partial charge in [-0.3, -0.25) is 0 Å². The van der Waals surface area contributed by atoms with Gasteiger partial charge in [-0.15, -0.1) is 0 Å². The van der Waals surface area contributed by atoms with Crippen LogP contribution >= 0.6 is 35.0 Å². The Morgan fingerprint density at radius 3 is 2.29 bits per heavy atom. The highest BCUT2D eigenvalue weighted by Crippen LogP contribution is 2.37. The lowest BCUT2D eigenvalue weighted by molar-refractivity contribution is 1.07. The summed E-state index contributed by atoms with van der Waals surface area (Å²) in [7, 11) is 0. The molecule has 0 aliphatic heterocycles. The second kappa shape index (κ2) is 5.78. The summed E-state index contributed by atoms with van der Waals surface area (Å²) in [4.78, 5) is 1.98. The number of hydrogen-bond acceptors (Lipinski definition) is 2. The Balaban J connectivity index is 2.28. The predicted octanol–water partition coefficient (Wildman–Crippen LogP) is 4.60. The molecule has 0 atom stereocenters. The van der Waals surface area contributed by atoms with Gasteiger partial charge in [0.1, 0.15) is 0 Å². The summed E-state index contributed by atoms with van der Waals surface area (Å²) in [6, 6.07) is 13.5. The van der Waals surface area contributed by atoms with Gasteiger partial charge in [0.05, 0.1) is 10.0 Å². The molecule has 4 heteroatoms. The second-order valence-corrected chi connectivity index (χ2v) is 5.40. The van der Waals surface area contributed by atoms with Crippen molar-refractivity contribution >= 4 is 35.0 Å². The van der Waals surface area contributed by atoms with Gasteiger partial charge in [-0.25, -0.2) is 0 Å². The first-order chi connectivity index (χ1) is 8.20. The average Bonchev–Trinajstić information content (AvgIpc) is 2.34. The van der Waals surface area contributed by atoms with Crippen molar-refractivity contribution in [3.8, 4) is 0 Å². The molecule has 0 bridgehead atoms. The SMILES string of the molecule is NCc1ccc(Sc2ccccc2Cl)c(Cl)c1. The molecule has 0 unspecified atom stereocenters. The van der Waals surface area contributed by atoms with Crippen LogP contribution in [0.25, 0.3) is 0 Å². The second-order valence-electron chi connectivity index (χ2n) is 3.50. The first-order valence-corrected chi connectivity index (χ1v) is 6.69. The quantitative estimate of drug-likeness (QED) is 0.891. The molecule has 88 valence electrons. The fourth-order valence-corrected chi connectivity index (χ4v) is 2.81. The van der Waals surface area contributed by atoms with Crippen LogP contribution in [0, 0.1) is 0 Å². The van der Waals surface area contributed by atoms with Crippen molar-refractivity contribution < 1.29 is 0 Å². The molecule has 2 aromatic rings. The van der Waals surface area contributed by atoms with Crippen LogP contribution in [0.2, 0.25) is 10.0 Å². The Kier molecular flexibility index (Phi) is 4.35. The Morgan fingerprint density at radius 2 is 1.65 bits per heavy atom. The van der Waals surface area contributed by atoms with Gasteiger partial charge in [0, 0.05) is 16.3 Å². The first-order valence-electron chi connectivity index (χ1n) is 5.11. The maximum Gasteiger partial charge on any atom is 0.0548 e. The summed E-state index contributed by atoms with van der Waals surface area (Å²) in [6.07, 6.45) is 0. The van der Waals surface area contributed by atoms with Crippen molar-refractivity contribution in [2.75, 3.05) is 0 Å². The fourth-order valence-electron chi connectivity index (χ4n) is 1.40. The third kappa shape index (κ3) is 3.17. The van der Waals surface area contributed by atoms with Crippen molar-refractivity contribution in [3.05, 3.63) is 58.1 Å². The molecule has 0 aromatic heterocycles. The molecular weight excluding hydrogens is 273 g/mol. The van der Waals surface area contributed by atoms with Gasteiger partial charge in [0.15, 0.2) is 0 Å². The van der Waals surface area contributed by atoms with Crippen molar-refractivity contribution in [3.63, 3.8) is 0 Å². The molecule has 2 aromatic carbocycles. The minimum Gasteiger partial charge on any atom is -0.326 e. The highest BCUT2D eigenvalue weighted by Gasteiger charge is 2.06. The van der Waals surface area contributed by atoms with Crippen LogP contribution < -0.4 is 5.73 Å². The van der Waals surface area contributed by atoms with E-state index in [1.165, 1.54) is 0 Å². The maximum atomic E-state index is 6.19. The molecular formula is C13H11Cl2NS. The normalized spacial score (nSPS) is 10.5. The molecule has 2 N–H and O–H groups in total. The summed E-state index contributed by atoms with van der Waals surface area (Å²) in [6.45, 7) is 0.497. The lowest BCUT2D eigenvalue weighted by atomic mass is 10.2. The summed E-state index contributed by atoms with van der Waals surface area (Å²) >= 11 is 13.8. The zero-order chi connectivity index (χ0) is 12.3. The van der Waals surface area contributed by atoms with Crippen molar-refractivity contribution in [2.45, 2.75) is 16.3 Å². The molecule has 0 saturated carbocycles. The van der Waals surface area contributed by atoms with Crippen LogP contribution in [-0.4, -0.2) is 0 Å². The molecule has 0 aliphatic rings. The average molecular weight is 284 g/mol. The lowest BCUT2D eigenvalue weighted by Gasteiger charge is -2.07. The lowest BCUT2D eigenvalue weighted by Crippen LogP contribution is -1.95. The molecule has 0 saturated heterocycles. The molecule has 17 heavy (non-hydrogen) atoms. The van der Waals surface area contributed by atoms with Crippen molar-refractivity contribution in [1.82, 2.24) is 0 Å². The Morgan fingerprint density at radius 1 is 0.941 bits per heavy atom. The minimum absolute atomic E-state index is 0.497. The standard InChI is InChI=1S/C13H11Cl2NS/c14-10-3-1-2-4-12(10)17-13-6-5-9(8-16)7-11(13)15/h1-7H,8,16H2. The molecule has 0 radical (unpaired) electrons. The number of rotatable bonds is 3. The highest BCUT2D eigenvalue weighted by atomic mass is 35.5. The van der Waals surface area contributed by atoms with E-state index in [-0.39, 0.29) is 0 Å². The largest absolute Gasteiger partial charge is 0.326 e. The van der Waals surface area contributed by atoms with Crippen molar-refractivity contribution in [2.24, 2.45) is 5.73 Å². The van der Waals surface area contributed by atoms with Crippen LogP contribution in [0.3, 0.4) is 0 Å². The van der Waals surface area contributed by atoms with Crippen LogP contribution in [0.1, 0.15) is 5.56 Å². The van der Waals surface area contributed by atoms with Crippen LogP contribution in [0.4, 0.5) is 0 Å². The maximum absolute atomic E-state index is 6.19. The van der Waals surface area contributed by atoms with E-state index in [4.69, 9.17) is 28.9 Å². The van der Waals surface area contributed by atoms with E-state index in [0.29, 0.717) is 11.6 Å². The fraction of sp³-hybridized carbons (Fsp3) is 0.0769. The van der Waals surface area contributed by atoms with Crippen LogP contribution in [0.15, 0.2) is 52.3 Å². The molecule has 0 heterocycles. The van der Waals surface area contributed by atoms with E-state index in [0.717, 1.165) is 20.4 Å². The van der Waals surface area contributed by atoms with Crippen LogP contribution in [0.5, 0.6) is 0 Å². The summed E-state index contributed by atoms with van der Waals surface area (Å²) in [5, 5.41) is 1.44.